The highest BCUT2D eigenvalue weighted by Gasteiger charge is 2.31. The summed E-state index contributed by atoms with van der Waals surface area (Å²) in [5, 5.41) is 16.9. The van der Waals surface area contributed by atoms with E-state index in [9.17, 15) is 18.0 Å². The quantitative estimate of drug-likeness (QED) is 0.743. The summed E-state index contributed by atoms with van der Waals surface area (Å²) < 4.78 is 37.1. The molecule has 1 aromatic rings. The van der Waals surface area contributed by atoms with Gasteiger partial charge in [-0.25, -0.2) is 0 Å². The first-order valence-corrected chi connectivity index (χ1v) is 4.41. The Morgan fingerprint density at radius 2 is 1.82 bits per heavy atom. The van der Waals surface area contributed by atoms with E-state index in [1.165, 1.54) is 12.1 Å². The average molecular weight is 238 g/mol. The first kappa shape index (κ1) is 12.7. The number of ketones is 1. The predicted molar refractivity (Wildman–Crippen MR) is 50.5 cm³/mol. The molecule has 0 saturated heterocycles. The molecule has 1 aromatic carbocycles. The van der Waals surface area contributed by atoms with Gasteiger partial charge in [-0.2, -0.15) is 23.7 Å². The average Bonchev–Trinajstić information content (AvgIpc) is 2.29. The van der Waals surface area contributed by atoms with Crippen LogP contribution in [0.25, 0.3) is 0 Å². The molecular weight excluding hydrogens is 233 g/mol. The predicted octanol–water partition coefficient (Wildman–Crippen LogP) is 2.55. The molecule has 0 radical (unpaired) electrons. The second-order valence-electron chi connectivity index (χ2n) is 3.13. The zero-order valence-corrected chi connectivity index (χ0v) is 8.32. The molecule has 0 aliphatic carbocycles. The normalized spacial score (nSPS) is 10.7. The minimum absolute atomic E-state index is 0.298. The molecule has 86 valence electrons. The maximum atomic E-state index is 12.4. The number of carbonyl (C=O) groups excluding carboxylic acids is 1. The van der Waals surface area contributed by atoms with Gasteiger partial charge < -0.3 is 0 Å². The van der Waals surface area contributed by atoms with Gasteiger partial charge in [-0.15, -0.1) is 0 Å². The number of nitriles is 2. The van der Waals surface area contributed by atoms with Crippen LogP contribution in [0.4, 0.5) is 13.2 Å². The Labute approximate surface area is 94.7 Å². The third-order valence-corrected chi connectivity index (χ3v) is 1.99. The van der Waals surface area contributed by atoms with Gasteiger partial charge in [0.1, 0.15) is 0 Å². The minimum atomic E-state index is -4.56. The van der Waals surface area contributed by atoms with Crippen LogP contribution in [0, 0.1) is 28.6 Å². The van der Waals surface area contributed by atoms with E-state index in [-0.39, 0.29) is 5.56 Å². The topological polar surface area (TPSA) is 64.7 Å². The maximum Gasteiger partial charge on any atom is 0.416 e. The largest absolute Gasteiger partial charge is 0.416 e. The number of carbonyl (C=O) groups is 1. The fourth-order valence-corrected chi connectivity index (χ4v) is 1.16. The van der Waals surface area contributed by atoms with Crippen LogP contribution in [0.15, 0.2) is 24.3 Å². The van der Waals surface area contributed by atoms with E-state index in [0.29, 0.717) is 6.07 Å². The van der Waals surface area contributed by atoms with Crippen LogP contribution in [0.1, 0.15) is 15.9 Å². The van der Waals surface area contributed by atoms with Gasteiger partial charge in [-0.3, -0.25) is 4.79 Å². The first-order valence-electron chi connectivity index (χ1n) is 4.41. The molecule has 17 heavy (non-hydrogen) atoms. The van der Waals surface area contributed by atoms with Gasteiger partial charge in [0.05, 0.1) is 17.7 Å². The van der Waals surface area contributed by atoms with Crippen LogP contribution in [-0.4, -0.2) is 5.78 Å². The zero-order valence-electron chi connectivity index (χ0n) is 8.32. The molecule has 0 unspecified atom stereocenters. The molecule has 0 aliphatic heterocycles. The van der Waals surface area contributed by atoms with Gasteiger partial charge in [0, 0.05) is 5.56 Å². The Kier molecular flexibility index (Phi) is 3.49. The van der Waals surface area contributed by atoms with Crippen molar-refractivity contribution in [1.82, 2.24) is 0 Å². The Morgan fingerprint density at radius 1 is 1.24 bits per heavy atom. The summed E-state index contributed by atoms with van der Waals surface area (Å²) >= 11 is 0. The fraction of sp³-hybridized carbons (Fsp3) is 0.182. The van der Waals surface area contributed by atoms with Crippen LogP contribution >= 0.6 is 0 Å². The summed E-state index contributed by atoms with van der Waals surface area (Å²) in [6.07, 6.45) is -4.56. The molecule has 0 fully saturated rings. The molecule has 0 aliphatic rings. The summed E-state index contributed by atoms with van der Waals surface area (Å²) in [5.74, 6) is -2.51. The molecule has 6 heteroatoms. The molecular formula is C11H5F3N2O. The van der Waals surface area contributed by atoms with Crippen molar-refractivity contribution in [3.05, 3.63) is 35.4 Å². The van der Waals surface area contributed by atoms with Crippen LogP contribution in [0.5, 0.6) is 0 Å². The lowest BCUT2D eigenvalue weighted by atomic mass is 9.98. The molecule has 0 saturated carbocycles. The molecule has 1 rings (SSSR count). The number of hydrogen-bond donors (Lipinski definition) is 0. The molecule has 0 amide bonds. The van der Waals surface area contributed by atoms with E-state index in [0.717, 1.165) is 18.2 Å². The number of hydrogen-bond acceptors (Lipinski definition) is 3. The molecule has 0 aromatic heterocycles. The third-order valence-electron chi connectivity index (χ3n) is 1.99. The Morgan fingerprint density at radius 3 is 2.29 bits per heavy atom. The standard InChI is InChI=1S/C11H5F3N2O/c12-11(13,14)9-3-1-2-7(4-9)10(17)8(5-15)6-16/h1-4,8H. The van der Waals surface area contributed by atoms with Crippen molar-refractivity contribution in [3.8, 4) is 12.1 Å². The van der Waals surface area contributed by atoms with Crippen molar-refractivity contribution in [3.63, 3.8) is 0 Å². The van der Waals surface area contributed by atoms with Crippen LogP contribution in [-0.2, 0) is 6.18 Å². The Hall–Kier alpha value is -2.34. The highest BCUT2D eigenvalue weighted by Crippen LogP contribution is 2.29. The van der Waals surface area contributed by atoms with Crippen LogP contribution < -0.4 is 0 Å². The third kappa shape index (κ3) is 2.82. The second kappa shape index (κ2) is 4.67. The van der Waals surface area contributed by atoms with Crippen molar-refractivity contribution in [2.75, 3.05) is 0 Å². The summed E-state index contributed by atoms with van der Waals surface area (Å²) in [6.45, 7) is 0. The minimum Gasteiger partial charge on any atom is -0.291 e. The SMILES string of the molecule is N#CC(C#N)C(=O)c1cccc(C(F)(F)F)c1. The lowest BCUT2D eigenvalue weighted by Gasteiger charge is -2.08. The lowest BCUT2D eigenvalue weighted by molar-refractivity contribution is -0.137. The van der Waals surface area contributed by atoms with E-state index < -0.39 is 23.4 Å². The molecule has 3 nitrogen and oxygen atoms in total. The van der Waals surface area contributed by atoms with Crippen molar-refractivity contribution in [1.29, 1.82) is 10.5 Å². The number of rotatable bonds is 2. The number of halogens is 3. The number of alkyl halides is 3. The number of benzene rings is 1. The van der Waals surface area contributed by atoms with Gasteiger partial charge in [0.15, 0.2) is 11.7 Å². The van der Waals surface area contributed by atoms with Crippen molar-refractivity contribution in [2.45, 2.75) is 6.18 Å². The van der Waals surface area contributed by atoms with Gasteiger partial charge in [-0.1, -0.05) is 12.1 Å². The van der Waals surface area contributed by atoms with E-state index >= 15 is 0 Å². The summed E-state index contributed by atoms with van der Waals surface area (Å²) in [7, 11) is 0. The summed E-state index contributed by atoms with van der Waals surface area (Å²) in [5.41, 5.74) is -1.29. The highest BCUT2D eigenvalue weighted by atomic mass is 19.4. The molecule has 0 atom stereocenters. The van der Waals surface area contributed by atoms with Crippen LogP contribution in [0.2, 0.25) is 0 Å². The van der Waals surface area contributed by atoms with Gasteiger partial charge in [0.2, 0.25) is 0 Å². The Bertz CT molecular complexity index is 509. The van der Waals surface area contributed by atoms with E-state index in [2.05, 4.69) is 0 Å². The van der Waals surface area contributed by atoms with Crippen molar-refractivity contribution in [2.24, 2.45) is 5.92 Å². The molecule has 0 bridgehead atoms. The monoisotopic (exact) mass is 238 g/mol. The van der Waals surface area contributed by atoms with Crippen molar-refractivity contribution >= 4 is 5.78 Å². The summed E-state index contributed by atoms with van der Waals surface area (Å²) in [6, 6.07) is 6.47. The number of Topliss-reactive ketones (excluding diaryl/α,β-unsaturated/α-hetero) is 1. The van der Waals surface area contributed by atoms with E-state index in [1.54, 1.807) is 0 Å². The maximum absolute atomic E-state index is 12.4. The molecule has 0 N–H and O–H groups in total. The van der Waals surface area contributed by atoms with Crippen molar-refractivity contribution < 1.29 is 18.0 Å². The van der Waals surface area contributed by atoms with E-state index in [1.807, 2.05) is 0 Å². The van der Waals surface area contributed by atoms with Gasteiger partial charge in [0.25, 0.3) is 0 Å². The van der Waals surface area contributed by atoms with Crippen LogP contribution in [0.3, 0.4) is 0 Å². The zero-order chi connectivity index (χ0) is 13.1. The Balaban J connectivity index is 3.15. The van der Waals surface area contributed by atoms with Gasteiger partial charge >= 0.3 is 6.18 Å². The first-order chi connectivity index (χ1) is 7.90. The molecule has 0 spiro atoms. The highest BCUT2D eigenvalue weighted by molar-refractivity contribution is 6.01. The van der Waals surface area contributed by atoms with E-state index in [4.69, 9.17) is 10.5 Å². The fourth-order valence-electron chi connectivity index (χ4n) is 1.16. The summed E-state index contributed by atoms with van der Waals surface area (Å²) in [4.78, 5) is 11.5. The molecule has 0 heterocycles. The smallest absolute Gasteiger partial charge is 0.291 e. The lowest BCUT2D eigenvalue weighted by Crippen LogP contribution is -2.13. The second-order valence-corrected chi connectivity index (χ2v) is 3.13. The van der Waals surface area contributed by atoms with Gasteiger partial charge in [-0.05, 0) is 12.1 Å². The number of nitrogens with zero attached hydrogens (tertiary/aromatic N) is 2.